The summed E-state index contributed by atoms with van der Waals surface area (Å²) >= 11 is 0. The van der Waals surface area contributed by atoms with Crippen molar-refractivity contribution in [2.24, 2.45) is 0 Å². The summed E-state index contributed by atoms with van der Waals surface area (Å²) in [5.41, 5.74) is 1.09. The summed E-state index contributed by atoms with van der Waals surface area (Å²) < 4.78 is 5.90. The van der Waals surface area contributed by atoms with Gasteiger partial charge in [-0.3, -0.25) is 0 Å². The van der Waals surface area contributed by atoms with E-state index in [1.165, 1.54) is 32.3 Å². The fourth-order valence-electron chi connectivity index (χ4n) is 4.13. The van der Waals surface area contributed by atoms with Gasteiger partial charge >= 0.3 is 0 Å². The molecule has 0 radical (unpaired) electrons. The van der Waals surface area contributed by atoms with Gasteiger partial charge in [0, 0.05) is 6.42 Å². The number of aliphatic hydroxyl groups is 2. The maximum absolute atomic E-state index is 10.1. The first-order valence-corrected chi connectivity index (χ1v) is 8.37. The lowest BCUT2D eigenvalue weighted by Gasteiger charge is -2.18. The summed E-state index contributed by atoms with van der Waals surface area (Å²) in [5, 5.41) is 26.8. The predicted molar refractivity (Wildman–Crippen MR) is 95.5 cm³/mol. The minimum atomic E-state index is -0.612. The molecule has 3 nitrogen and oxygen atoms in total. The van der Waals surface area contributed by atoms with Crippen LogP contribution < -0.4 is 0 Å². The van der Waals surface area contributed by atoms with Crippen LogP contribution in [0, 0.1) is 0 Å². The van der Waals surface area contributed by atoms with E-state index in [-0.39, 0.29) is 12.7 Å². The Balaban J connectivity index is 1.79. The third-order valence-electron chi connectivity index (χ3n) is 5.31. The molecule has 0 aromatic heterocycles. The van der Waals surface area contributed by atoms with Crippen LogP contribution in [-0.4, -0.2) is 29.0 Å². The van der Waals surface area contributed by atoms with Gasteiger partial charge in [-0.05, 0) is 37.9 Å². The van der Waals surface area contributed by atoms with Crippen molar-refractivity contribution in [2.75, 3.05) is 6.61 Å². The zero-order valence-corrected chi connectivity index (χ0v) is 13.1. The molecule has 1 saturated heterocycles. The van der Waals surface area contributed by atoms with Gasteiger partial charge in [0.25, 0.3) is 0 Å². The van der Waals surface area contributed by atoms with Gasteiger partial charge in [0.1, 0.15) is 6.10 Å². The maximum Gasteiger partial charge on any atom is 0.107 e. The fourth-order valence-corrected chi connectivity index (χ4v) is 4.13. The van der Waals surface area contributed by atoms with Gasteiger partial charge in [-0.25, -0.2) is 0 Å². The Morgan fingerprint density at radius 1 is 0.875 bits per heavy atom. The Morgan fingerprint density at radius 3 is 2.25 bits per heavy atom. The van der Waals surface area contributed by atoms with Gasteiger partial charge in [-0.15, -0.1) is 0 Å². The summed E-state index contributed by atoms with van der Waals surface area (Å²) in [6.07, 6.45) is -0.760. The Bertz CT molecular complexity index is 1020. The zero-order chi connectivity index (χ0) is 16.3. The van der Waals surface area contributed by atoms with Crippen molar-refractivity contribution in [3.8, 4) is 0 Å². The van der Waals surface area contributed by atoms with Crippen LogP contribution in [0.1, 0.15) is 18.1 Å². The summed E-state index contributed by atoms with van der Waals surface area (Å²) in [4.78, 5) is 0. The van der Waals surface area contributed by atoms with E-state index in [1.807, 2.05) is 0 Å². The van der Waals surface area contributed by atoms with E-state index in [0.29, 0.717) is 6.42 Å². The molecule has 0 bridgehead atoms. The fraction of sp³-hybridized carbons (Fsp3) is 0.238. The number of benzene rings is 4. The smallest absolute Gasteiger partial charge is 0.107 e. The first-order valence-electron chi connectivity index (χ1n) is 8.37. The standard InChI is InChI=1S/C21H18O3/c22-11-19-17(23)10-18(24-19)15-8-6-14-5-4-12-2-1-3-13-7-9-16(15)21(14)20(12)13/h1-9,17-19,22-23H,10-11H2/t17?,18-,19+/m0/s1. The lowest BCUT2D eigenvalue weighted by molar-refractivity contribution is -0.0222. The normalized spacial score (nSPS) is 24.5. The molecule has 1 unspecified atom stereocenters. The molecule has 3 atom stereocenters. The van der Waals surface area contributed by atoms with Crippen LogP contribution in [0.25, 0.3) is 32.3 Å². The molecule has 1 aliphatic heterocycles. The third kappa shape index (κ3) is 1.89. The largest absolute Gasteiger partial charge is 0.394 e. The van der Waals surface area contributed by atoms with Crippen molar-refractivity contribution in [3.05, 3.63) is 60.2 Å². The van der Waals surface area contributed by atoms with Crippen molar-refractivity contribution in [3.63, 3.8) is 0 Å². The van der Waals surface area contributed by atoms with Crippen LogP contribution in [0.4, 0.5) is 0 Å². The summed E-state index contributed by atoms with van der Waals surface area (Å²) in [5.74, 6) is 0. The maximum atomic E-state index is 10.1. The second-order valence-electron chi connectivity index (χ2n) is 6.66. The second-order valence-corrected chi connectivity index (χ2v) is 6.66. The van der Waals surface area contributed by atoms with Crippen LogP contribution in [0.15, 0.2) is 54.6 Å². The van der Waals surface area contributed by atoms with E-state index in [1.54, 1.807) is 0 Å². The molecule has 2 N–H and O–H groups in total. The Hall–Kier alpha value is -2.20. The van der Waals surface area contributed by atoms with Gasteiger partial charge in [0.15, 0.2) is 0 Å². The van der Waals surface area contributed by atoms with E-state index < -0.39 is 12.2 Å². The van der Waals surface area contributed by atoms with Gasteiger partial charge < -0.3 is 14.9 Å². The Labute approximate surface area is 139 Å². The van der Waals surface area contributed by atoms with Gasteiger partial charge in [-0.1, -0.05) is 54.6 Å². The van der Waals surface area contributed by atoms with Gasteiger partial charge in [-0.2, -0.15) is 0 Å². The molecule has 120 valence electrons. The van der Waals surface area contributed by atoms with E-state index in [9.17, 15) is 10.2 Å². The van der Waals surface area contributed by atoms with Crippen LogP contribution in [0.5, 0.6) is 0 Å². The lowest BCUT2D eigenvalue weighted by Crippen LogP contribution is -2.24. The summed E-state index contributed by atoms with van der Waals surface area (Å²) in [7, 11) is 0. The topological polar surface area (TPSA) is 49.7 Å². The number of hydrogen-bond acceptors (Lipinski definition) is 3. The average molecular weight is 318 g/mol. The summed E-state index contributed by atoms with van der Waals surface area (Å²) in [6, 6.07) is 19.2. The molecule has 24 heavy (non-hydrogen) atoms. The number of aliphatic hydroxyl groups excluding tert-OH is 2. The molecule has 4 aromatic rings. The SMILES string of the molecule is OC[C@H]1O[C@H](c2ccc3ccc4cccc5ccc2c3c45)CC1O. The number of ether oxygens (including phenoxy) is 1. The Morgan fingerprint density at radius 2 is 1.54 bits per heavy atom. The first kappa shape index (κ1) is 14.2. The van der Waals surface area contributed by atoms with Crippen LogP contribution in [0.3, 0.4) is 0 Å². The lowest BCUT2D eigenvalue weighted by atomic mass is 9.90. The quantitative estimate of drug-likeness (QED) is 0.553. The highest BCUT2D eigenvalue weighted by atomic mass is 16.5. The average Bonchev–Trinajstić information content (AvgIpc) is 3.00. The third-order valence-corrected chi connectivity index (χ3v) is 5.31. The summed E-state index contributed by atoms with van der Waals surface area (Å²) in [6.45, 7) is -0.149. The first-order chi connectivity index (χ1) is 11.8. The molecule has 1 aliphatic rings. The van der Waals surface area contributed by atoms with Crippen LogP contribution in [-0.2, 0) is 4.74 Å². The minimum Gasteiger partial charge on any atom is -0.394 e. The molecule has 4 aromatic carbocycles. The van der Waals surface area contributed by atoms with Crippen molar-refractivity contribution < 1.29 is 14.9 Å². The van der Waals surface area contributed by atoms with E-state index in [4.69, 9.17) is 4.74 Å². The van der Waals surface area contributed by atoms with Crippen LogP contribution in [0.2, 0.25) is 0 Å². The zero-order valence-electron chi connectivity index (χ0n) is 13.1. The molecule has 1 fully saturated rings. The van der Waals surface area contributed by atoms with Crippen molar-refractivity contribution in [1.29, 1.82) is 0 Å². The molecule has 0 saturated carbocycles. The van der Waals surface area contributed by atoms with E-state index in [2.05, 4.69) is 54.6 Å². The molecular weight excluding hydrogens is 300 g/mol. The highest BCUT2D eigenvalue weighted by Gasteiger charge is 2.35. The molecule has 0 spiro atoms. The monoisotopic (exact) mass is 318 g/mol. The Kier molecular flexibility index (Phi) is 3.04. The molecule has 0 aliphatic carbocycles. The molecule has 3 heteroatoms. The second kappa shape index (κ2) is 5.15. The van der Waals surface area contributed by atoms with Gasteiger partial charge in [0.2, 0.25) is 0 Å². The predicted octanol–water partition coefficient (Wildman–Crippen LogP) is 3.77. The van der Waals surface area contributed by atoms with Crippen molar-refractivity contribution in [2.45, 2.75) is 24.7 Å². The molecule has 0 amide bonds. The molecule has 1 heterocycles. The molecular formula is C21H18O3. The number of hydrogen-bond donors (Lipinski definition) is 2. The highest BCUT2D eigenvalue weighted by Crippen LogP contribution is 2.41. The minimum absolute atomic E-state index is 0.149. The van der Waals surface area contributed by atoms with Gasteiger partial charge in [0.05, 0.1) is 18.8 Å². The van der Waals surface area contributed by atoms with E-state index in [0.717, 1.165) is 5.56 Å². The highest BCUT2D eigenvalue weighted by molar-refractivity contribution is 6.23. The van der Waals surface area contributed by atoms with Crippen molar-refractivity contribution >= 4 is 32.3 Å². The number of rotatable bonds is 2. The van der Waals surface area contributed by atoms with E-state index >= 15 is 0 Å². The van der Waals surface area contributed by atoms with Crippen LogP contribution >= 0.6 is 0 Å². The van der Waals surface area contributed by atoms with Crippen molar-refractivity contribution in [1.82, 2.24) is 0 Å². The molecule has 5 rings (SSSR count).